The summed E-state index contributed by atoms with van der Waals surface area (Å²) in [6, 6.07) is 18.3. The Labute approximate surface area is 219 Å². The fraction of sp³-hybridized carbons (Fsp3) is 0.192. The van der Waals surface area contributed by atoms with Crippen molar-refractivity contribution in [3.63, 3.8) is 0 Å². The number of amides is 1. The molecule has 1 aliphatic heterocycles. The fourth-order valence-corrected chi connectivity index (χ4v) is 5.79. The molecular formula is C26H22Br2INO2. The number of hydrogen-bond donors (Lipinski definition) is 1. The van der Waals surface area contributed by atoms with Crippen molar-refractivity contribution in [2.24, 2.45) is 0 Å². The molecule has 0 aliphatic carbocycles. The summed E-state index contributed by atoms with van der Waals surface area (Å²) < 4.78 is 9.09. The summed E-state index contributed by atoms with van der Waals surface area (Å²) in [5.41, 5.74) is 5.43. The van der Waals surface area contributed by atoms with Crippen LogP contribution >= 0.6 is 54.5 Å². The van der Waals surface area contributed by atoms with Gasteiger partial charge in [0, 0.05) is 25.6 Å². The van der Waals surface area contributed by atoms with Crippen molar-refractivity contribution < 1.29 is 9.53 Å². The van der Waals surface area contributed by atoms with Crippen molar-refractivity contribution in [1.82, 2.24) is 0 Å². The maximum Gasteiger partial charge on any atom is 0.256 e. The fourth-order valence-electron chi connectivity index (χ4n) is 3.66. The molecular weight excluding hydrogens is 645 g/mol. The van der Waals surface area contributed by atoms with E-state index in [1.807, 2.05) is 36.4 Å². The van der Waals surface area contributed by atoms with Crippen molar-refractivity contribution in [3.8, 4) is 5.75 Å². The number of ether oxygens (including phenoxy) is 1. The van der Waals surface area contributed by atoms with Crippen LogP contribution in [-0.2, 0) is 16.8 Å². The van der Waals surface area contributed by atoms with Gasteiger partial charge in [0.2, 0.25) is 0 Å². The molecule has 1 heterocycles. The largest absolute Gasteiger partial charge is 0.487 e. The highest BCUT2D eigenvalue weighted by Gasteiger charge is 2.27. The third-order valence-corrected chi connectivity index (χ3v) is 7.12. The van der Waals surface area contributed by atoms with Crippen molar-refractivity contribution in [2.75, 3.05) is 5.32 Å². The zero-order valence-corrected chi connectivity index (χ0v) is 23.3. The van der Waals surface area contributed by atoms with Gasteiger partial charge in [-0.3, -0.25) is 4.79 Å². The second-order valence-corrected chi connectivity index (χ2v) is 11.7. The Bertz CT molecular complexity index is 1230. The van der Waals surface area contributed by atoms with Gasteiger partial charge in [0.1, 0.15) is 12.4 Å². The summed E-state index contributed by atoms with van der Waals surface area (Å²) >= 11 is 9.40. The van der Waals surface area contributed by atoms with Crippen LogP contribution in [0.5, 0.6) is 5.75 Å². The summed E-state index contributed by atoms with van der Waals surface area (Å²) in [6.07, 6.45) is 1.96. The summed E-state index contributed by atoms with van der Waals surface area (Å²) in [5.74, 6) is 0.793. The highest BCUT2D eigenvalue weighted by atomic mass is 127. The lowest BCUT2D eigenvalue weighted by atomic mass is 9.85. The average molecular weight is 667 g/mol. The first kappa shape index (κ1) is 23.5. The van der Waals surface area contributed by atoms with Gasteiger partial charge < -0.3 is 10.1 Å². The van der Waals surface area contributed by atoms with Gasteiger partial charge >= 0.3 is 0 Å². The molecule has 1 amide bonds. The van der Waals surface area contributed by atoms with Gasteiger partial charge in [-0.1, -0.05) is 67.0 Å². The molecule has 0 radical (unpaired) electrons. The van der Waals surface area contributed by atoms with Crippen LogP contribution in [0.4, 0.5) is 5.69 Å². The number of hydrogen-bond acceptors (Lipinski definition) is 2. The van der Waals surface area contributed by atoms with Gasteiger partial charge in [-0.25, -0.2) is 0 Å². The van der Waals surface area contributed by atoms with Gasteiger partial charge in [-0.2, -0.15) is 0 Å². The number of nitrogens with one attached hydrogen (secondary N) is 1. The van der Waals surface area contributed by atoms with Crippen LogP contribution < -0.4 is 10.1 Å². The molecule has 32 heavy (non-hydrogen) atoms. The van der Waals surface area contributed by atoms with Crippen LogP contribution in [0.15, 0.2) is 63.5 Å². The van der Waals surface area contributed by atoms with Gasteiger partial charge in [0.05, 0.1) is 9.26 Å². The quantitative estimate of drug-likeness (QED) is 0.225. The minimum atomic E-state index is -0.123. The van der Waals surface area contributed by atoms with Gasteiger partial charge in [-0.05, 0) is 85.4 Å². The smallest absolute Gasteiger partial charge is 0.256 e. The highest BCUT2D eigenvalue weighted by Crippen LogP contribution is 2.42. The molecule has 0 spiro atoms. The Balaban J connectivity index is 1.76. The van der Waals surface area contributed by atoms with E-state index in [0.29, 0.717) is 12.2 Å². The van der Waals surface area contributed by atoms with Crippen LogP contribution in [0.1, 0.15) is 43.0 Å². The molecule has 0 unspecified atom stereocenters. The number of carbonyl (C=O) groups is 1. The van der Waals surface area contributed by atoms with E-state index in [1.165, 1.54) is 0 Å². The van der Waals surface area contributed by atoms with E-state index < -0.39 is 0 Å². The SMILES string of the molecule is CC(C)(C)c1cc(C=C2C(=O)Nc3c(Br)cc(Br)cc32)cc(I)c1OCc1ccccc1. The zero-order chi connectivity index (χ0) is 23.0. The number of halogens is 3. The lowest BCUT2D eigenvalue weighted by Gasteiger charge is -2.25. The number of benzene rings is 3. The van der Waals surface area contributed by atoms with Gasteiger partial charge in [0.25, 0.3) is 5.91 Å². The van der Waals surface area contributed by atoms with Crippen LogP contribution in [0.3, 0.4) is 0 Å². The number of carbonyl (C=O) groups excluding carboxylic acids is 1. The first-order chi connectivity index (χ1) is 15.1. The molecule has 164 valence electrons. The van der Waals surface area contributed by atoms with E-state index in [9.17, 15) is 4.79 Å². The first-order valence-electron chi connectivity index (χ1n) is 10.2. The second kappa shape index (κ2) is 9.31. The van der Waals surface area contributed by atoms with Crippen LogP contribution in [-0.4, -0.2) is 5.91 Å². The molecule has 0 aromatic heterocycles. The maximum atomic E-state index is 12.8. The van der Waals surface area contributed by atoms with Crippen LogP contribution in [0.25, 0.3) is 11.6 Å². The monoisotopic (exact) mass is 665 g/mol. The Hall–Kier alpha value is -1.64. The van der Waals surface area contributed by atoms with Crippen LogP contribution in [0, 0.1) is 3.57 Å². The van der Waals surface area contributed by atoms with E-state index in [0.717, 1.165) is 46.2 Å². The normalized spacial score (nSPS) is 14.4. The molecule has 0 saturated carbocycles. The van der Waals surface area contributed by atoms with E-state index in [2.05, 4.69) is 105 Å². The number of anilines is 1. The molecule has 3 aromatic rings. The average Bonchev–Trinajstić information content (AvgIpc) is 3.03. The Morgan fingerprint density at radius 2 is 1.78 bits per heavy atom. The molecule has 3 nitrogen and oxygen atoms in total. The zero-order valence-electron chi connectivity index (χ0n) is 17.9. The molecule has 1 aliphatic rings. The Morgan fingerprint density at radius 3 is 2.47 bits per heavy atom. The van der Waals surface area contributed by atoms with Crippen molar-refractivity contribution in [2.45, 2.75) is 32.8 Å². The standard InChI is InChI=1S/C26H22Br2INO2/c1-26(2,3)20-10-16(11-22(29)24(20)32-14-15-7-5-4-6-8-15)9-19-18-12-17(27)13-21(28)23(18)30-25(19)31/h4-13H,14H2,1-3H3,(H,30,31). The highest BCUT2D eigenvalue weighted by molar-refractivity contribution is 14.1. The van der Waals surface area contributed by atoms with E-state index in [-0.39, 0.29) is 11.3 Å². The predicted molar refractivity (Wildman–Crippen MR) is 147 cm³/mol. The third kappa shape index (κ3) is 4.97. The molecule has 0 saturated heterocycles. The first-order valence-corrected chi connectivity index (χ1v) is 12.8. The predicted octanol–water partition coefficient (Wildman–Crippen LogP) is 8.19. The lowest BCUT2D eigenvalue weighted by molar-refractivity contribution is -0.110. The summed E-state index contributed by atoms with van der Waals surface area (Å²) in [5, 5.41) is 2.97. The maximum absolute atomic E-state index is 12.8. The lowest BCUT2D eigenvalue weighted by Crippen LogP contribution is -2.15. The van der Waals surface area contributed by atoms with Crippen molar-refractivity contribution in [3.05, 3.63) is 89.4 Å². The molecule has 0 fully saturated rings. The molecule has 0 bridgehead atoms. The van der Waals surface area contributed by atoms with E-state index >= 15 is 0 Å². The molecule has 1 N–H and O–H groups in total. The van der Waals surface area contributed by atoms with Crippen molar-refractivity contribution >= 4 is 77.7 Å². The Morgan fingerprint density at radius 1 is 1.06 bits per heavy atom. The summed E-state index contributed by atoms with van der Waals surface area (Å²) in [7, 11) is 0. The minimum absolute atomic E-state index is 0.101. The number of rotatable bonds is 4. The summed E-state index contributed by atoms with van der Waals surface area (Å²) in [4.78, 5) is 12.8. The number of fused-ring (bicyclic) bond motifs is 1. The molecule has 0 atom stereocenters. The van der Waals surface area contributed by atoms with Gasteiger partial charge in [0.15, 0.2) is 0 Å². The van der Waals surface area contributed by atoms with E-state index in [1.54, 1.807) is 0 Å². The van der Waals surface area contributed by atoms with Gasteiger partial charge in [-0.15, -0.1) is 0 Å². The third-order valence-electron chi connectivity index (χ3n) is 5.24. The van der Waals surface area contributed by atoms with E-state index in [4.69, 9.17) is 4.74 Å². The minimum Gasteiger partial charge on any atom is -0.487 e. The molecule has 3 aromatic carbocycles. The van der Waals surface area contributed by atoms with Crippen molar-refractivity contribution in [1.29, 1.82) is 0 Å². The second-order valence-electron chi connectivity index (χ2n) is 8.73. The molecule has 6 heteroatoms. The Kier molecular flexibility index (Phi) is 6.84. The summed E-state index contributed by atoms with van der Waals surface area (Å²) in [6.45, 7) is 7.04. The molecule has 4 rings (SSSR count). The van der Waals surface area contributed by atoms with Crippen LogP contribution in [0.2, 0.25) is 0 Å². The topological polar surface area (TPSA) is 38.3 Å².